The van der Waals surface area contributed by atoms with Crippen molar-refractivity contribution in [2.75, 3.05) is 19.0 Å². The topological polar surface area (TPSA) is 50.4 Å². The number of hydrogen-bond acceptors (Lipinski definition) is 4. The highest BCUT2D eigenvalue weighted by Gasteiger charge is 2.13. The van der Waals surface area contributed by atoms with Crippen LogP contribution in [0.25, 0.3) is 0 Å². The number of amides is 1. The number of carbonyl (C=O) groups is 1. The molecule has 2 N–H and O–H groups in total. The first kappa shape index (κ1) is 17.5. The van der Waals surface area contributed by atoms with Crippen molar-refractivity contribution < 1.29 is 9.53 Å². The first-order chi connectivity index (χ1) is 11.1. The van der Waals surface area contributed by atoms with E-state index in [1.807, 2.05) is 44.2 Å². The third-order valence-electron chi connectivity index (χ3n) is 3.74. The molecule has 124 valence electrons. The van der Waals surface area contributed by atoms with E-state index in [1.54, 1.807) is 18.4 Å². The zero-order chi connectivity index (χ0) is 16.7. The lowest BCUT2D eigenvalue weighted by Gasteiger charge is -2.17. The summed E-state index contributed by atoms with van der Waals surface area (Å²) in [6.45, 7) is 4.53. The maximum Gasteiger partial charge on any atom is 0.242 e. The lowest BCUT2D eigenvalue weighted by Crippen LogP contribution is -2.38. The first-order valence-corrected chi connectivity index (χ1v) is 8.67. The third-order valence-corrected chi connectivity index (χ3v) is 4.67. The molecule has 0 aliphatic rings. The lowest BCUT2D eigenvalue weighted by atomic mass is 10.1. The standard InChI is InChI=1S/C18H24N2O2S/c1-13(18(21)19-10-9-17-8-5-11-23-17)20-16-7-4-6-15(12-16)14(2)22-3/h4-8,11-14,20H,9-10H2,1-3H3,(H,19,21)/t13-,14+/m1/s1. The number of methoxy groups -OCH3 is 1. The summed E-state index contributed by atoms with van der Waals surface area (Å²) in [5.74, 6) is 0.00625. The minimum atomic E-state index is -0.286. The van der Waals surface area contributed by atoms with Crippen LogP contribution in [0.3, 0.4) is 0 Å². The molecule has 0 saturated carbocycles. The van der Waals surface area contributed by atoms with Gasteiger partial charge in [-0.2, -0.15) is 0 Å². The summed E-state index contributed by atoms with van der Waals surface area (Å²) in [5.41, 5.74) is 2.01. The number of rotatable bonds is 8. The van der Waals surface area contributed by atoms with Gasteiger partial charge in [0.25, 0.3) is 0 Å². The molecule has 4 nitrogen and oxygen atoms in total. The number of nitrogens with one attached hydrogen (secondary N) is 2. The van der Waals surface area contributed by atoms with Crippen molar-refractivity contribution in [3.63, 3.8) is 0 Å². The predicted molar refractivity (Wildman–Crippen MR) is 96.0 cm³/mol. The van der Waals surface area contributed by atoms with Crippen LogP contribution in [-0.4, -0.2) is 25.6 Å². The van der Waals surface area contributed by atoms with Crippen molar-refractivity contribution >= 4 is 22.9 Å². The number of anilines is 1. The molecule has 0 fully saturated rings. The van der Waals surface area contributed by atoms with E-state index in [0.29, 0.717) is 6.54 Å². The van der Waals surface area contributed by atoms with Crippen LogP contribution in [0.1, 0.15) is 30.4 Å². The molecule has 2 aromatic rings. The number of carbonyl (C=O) groups excluding carboxylic acids is 1. The van der Waals surface area contributed by atoms with E-state index in [9.17, 15) is 4.79 Å². The van der Waals surface area contributed by atoms with Crippen molar-refractivity contribution in [3.8, 4) is 0 Å². The van der Waals surface area contributed by atoms with E-state index in [1.165, 1.54) is 4.88 Å². The Morgan fingerprint density at radius 3 is 2.78 bits per heavy atom. The summed E-state index contributed by atoms with van der Waals surface area (Å²) in [6.07, 6.45) is 0.906. The Labute approximate surface area is 141 Å². The molecular formula is C18H24N2O2S. The SMILES string of the molecule is CO[C@@H](C)c1cccc(N[C@H](C)C(=O)NCCc2cccs2)c1. The van der Waals surface area contributed by atoms with Crippen LogP contribution in [-0.2, 0) is 16.0 Å². The predicted octanol–water partition coefficient (Wildman–Crippen LogP) is 3.61. The van der Waals surface area contributed by atoms with Gasteiger partial charge in [0.05, 0.1) is 6.10 Å². The highest BCUT2D eigenvalue weighted by atomic mass is 32.1. The largest absolute Gasteiger partial charge is 0.377 e. The lowest BCUT2D eigenvalue weighted by molar-refractivity contribution is -0.121. The zero-order valence-electron chi connectivity index (χ0n) is 13.8. The Kier molecular flexibility index (Phi) is 6.62. The first-order valence-electron chi connectivity index (χ1n) is 7.79. The molecule has 2 rings (SSSR count). The Bertz CT molecular complexity index is 613. The van der Waals surface area contributed by atoms with Crippen LogP contribution >= 0.6 is 11.3 Å². The van der Waals surface area contributed by atoms with E-state index in [2.05, 4.69) is 22.1 Å². The molecule has 1 amide bonds. The summed E-state index contributed by atoms with van der Waals surface area (Å²) >= 11 is 1.71. The summed E-state index contributed by atoms with van der Waals surface area (Å²) < 4.78 is 5.33. The Balaban J connectivity index is 1.83. The van der Waals surface area contributed by atoms with Crippen LogP contribution in [0.15, 0.2) is 41.8 Å². The molecule has 0 aliphatic carbocycles. The molecule has 0 unspecified atom stereocenters. The fourth-order valence-electron chi connectivity index (χ4n) is 2.25. The van der Waals surface area contributed by atoms with Crippen molar-refractivity contribution in [2.24, 2.45) is 0 Å². The summed E-state index contributed by atoms with van der Waals surface area (Å²) in [5, 5.41) is 8.26. The van der Waals surface area contributed by atoms with Crippen LogP contribution < -0.4 is 10.6 Å². The molecule has 0 bridgehead atoms. The minimum absolute atomic E-state index is 0.00625. The van der Waals surface area contributed by atoms with Crippen molar-refractivity contribution in [3.05, 3.63) is 52.2 Å². The maximum absolute atomic E-state index is 12.2. The highest BCUT2D eigenvalue weighted by molar-refractivity contribution is 7.09. The van der Waals surface area contributed by atoms with Gasteiger partial charge in [-0.25, -0.2) is 0 Å². The molecular weight excluding hydrogens is 308 g/mol. The van der Waals surface area contributed by atoms with Gasteiger partial charge in [0.2, 0.25) is 5.91 Å². The zero-order valence-corrected chi connectivity index (χ0v) is 14.7. The van der Waals surface area contributed by atoms with E-state index < -0.39 is 0 Å². The normalized spacial score (nSPS) is 13.3. The summed E-state index contributed by atoms with van der Waals surface area (Å²) in [7, 11) is 1.69. The maximum atomic E-state index is 12.2. The van der Waals surface area contributed by atoms with Gasteiger partial charge in [0.15, 0.2) is 0 Å². The van der Waals surface area contributed by atoms with Gasteiger partial charge >= 0.3 is 0 Å². The highest BCUT2D eigenvalue weighted by Crippen LogP contribution is 2.20. The Hall–Kier alpha value is -1.85. The minimum Gasteiger partial charge on any atom is -0.377 e. The molecule has 0 saturated heterocycles. The molecule has 23 heavy (non-hydrogen) atoms. The van der Waals surface area contributed by atoms with Gasteiger partial charge in [0.1, 0.15) is 6.04 Å². The van der Waals surface area contributed by atoms with Gasteiger partial charge in [-0.05, 0) is 49.4 Å². The van der Waals surface area contributed by atoms with Gasteiger partial charge in [-0.1, -0.05) is 18.2 Å². The summed E-state index contributed by atoms with van der Waals surface area (Å²) in [4.78, 5) is 13.4. The number of ether oxygens (including phenoxy) is 1. The van der Waals surface area contributed by atoms with Gasteiger partial charge in [-0.15, -0.1) is 11.3 Å². The average Bonchev–Trinajstić information content (AvgIpc) is 3.07. The smallest absolute Gasteiger partial charge is 0.242 e. The van der Waals surface area contributed by atoms with Gasteiger partial charge < -0.3 is 15.4 Å². The van der Waals surface area contributed by atoms with E-state index in [0.717, 1.165) is 17.7 Å². The molecule has 1 aromatic heterocycles. The second-order valence-electron chi connectivity index (χ2n) is 5.49. The van der Waals surface area contributed by atoms with E-state index in [-0.39, 0.29) is 18.1 Å². The Morgan fingerprint density at radius 1 is 1.26 bits per heavy atom. The van der Waals surface area contributed by atoms with E-state index >= 15 is 0 Å². The van der Waals surface area contributed by atoms with Gasteiger partial charge in [0, 0.05) is 24.2 Å². The fourth-order valence-corrected chi connectivity index (χ4v) is 2.96. The number of benzene rings is 1. The second-order valence-corrected chi connectivity index (χ2v) is 6.52. The second kappa shape index (κ2) is 8.70. The average molecular weight is 332 g/mol. The van der Waals surface area contributed by atoms with Crippen molar-refractivity contribution in [2.45, 2.75) is 32.4 Å². The molecule has 1 aromatic carbocycles. The molecule has 0 radical (unpaired) electrons. The summed E-state index contributed by atoms with van der Waals surface area (Å²) in [6, 6.07) is 11.8. The van der Waals surface area contributed by atoms with Crippen LogP contribution in [0, 0.1) is 0 Å². The van der Waals surface area contributed by atoms with Crippen molar-refractivity contribution in [1.82, 2.24) is 5.32 Å². The number of hydrogen-bond donors (Lipinski definition) is 2. The number of thiophene rings is 1. The molecule has 5 heteroatoms. The monoisotopic (exact) mass is 332 g/mol. The fraction of sp³-hybridized carbons (Fsp3) is 0.389. The molecule has 1 heterocycles. The molecule has 2 atom stereocenters. The Morgan fingerprint density at radius 2 is 2.09 bits per heavy atom. The van der Waals surface area contributed by atoms with Crippen LogP contribution in [0.4, 0.5) is 5.69 Å². The van der Waals surface area contributed by atoms with Crippen LogP contribution in [0.2, 0.25) is 0 Å². The van der Waals surface area contributed by atoms with Gasteiger partial charge in [-0.3, -0.25) is 4.79 Å². The van der Waals surface area contributed by atoms with Crippen molar-refractivity contribution in [1.29, 1.82) is 0 Å². The van der Waals surface area contributed by atoms with Crippen LogP contribution in [0.5, 0.6) is 0 Å². The third kappa shape index (κ3) is 5.37. The molecule has 0 aliphatic heterocycles. The quantitative estimate of drug-likeness (QED) is 0.776. The van der Waals surface area contributed by atoms with E-state index in [4.69, 9.17) is 4.74 Å². The molecule has 0 spiro atoms.